The molecule has 1 fully saturated rings. The molecule has 4 nitrogen and oxygen atoms in total. The maximum absolute atomic E-state index is 13.5. The van der Waals surface area contributed by atoms with Crippen LogP contribution in [0.15, 0.2) is 27.6 Å². The van der Waals surface area contributed by atoms with Crippen molar-refractivity contribution in [3.05, 3.63) is 28.5 Å². The van der Waals surface area contributed by atoms with Gasteiger partial charge in [0.05, 0.1) is 28.1 Å². The molecule has 0 N–H and O–H groups in total. The lowest BCUT2D eigenvalue weighted by atomic mass is 10.1. The van der Waals surface area contributed by atoms with Crippen molar-refractivity contribution in [3.8, 4) is 0 Å². The van der Waals surface area contributed by atoms with Gasteiger partial charge in [-0.1, -0.05) is 0 Å². The summed E-state index contributed by atoms with van der Waals surface area (Å²) in [6.07, 6.45) is 0. The Morgan fingerprint density at radius 3 is 2.68 bits per heavy atom. The first kappa shape index (κ1) is 14.9. The van der Waals surface area contributed by atoms with Gasteiger partial charge in [0, 0.05) is 6.54 Å². The van der Waals surface area contributed by atoms with E-state index in [0.717, 1.165) is 6.07 Å². The van der Waals surface area contributed by atoms with Crippen LogP contribution in [0.25, 0.3) is 0 Å². The van der Waals surface area contributed by atoms with E-state index in [1.807, 2.05) is 0 Å². The molecule has 7 heteroatoms. The molecule has 1 aliphatic heterocycles. The van der Waals surface area contributed by atoms with Crippen LogP contribution in [-0.2, 0) is 14.8 Å². The van der Waals surface area contributed by atoms with E-state index < -0.39 is 21.4 Å². The Morgan fingerprint density at radius 2 is 2.11 bits per heavy atom. The summed E-state index contributed by atoms with van der Waals surface area (Å²) in [5, 5.41) is 0. The van der Waals surface area contributed by atoms with Crippen molar-refractivity contribution < 1.29 is 17.5 Å². The van der Waals surface area contributed by atoms with Crippen molar-refractivity contribution in [3.63, 3.8) is 0 Å². The zero-order valence-electron chi connectivity index (χ0n) is 10.7. The zero-order chi connectivity index (χ0) is 14.3. The van der Waals surface area contributed by atoms with Crippen molar-refractivity contribution in [2.75, 3.05) is 19.8 Å². The minimum atomic E-state index is -3.72. The molecule has 1 aromatic carbocycles. The van der Waals surface area contributed by atoms with Gasteiger partial charge in [0.2, 0.25) is 10.0 Å². The lowest BCUT2D eigenvalue weighted by molar-refractivity contribution is -0.00771. The Bertz CT molecular complexity index is 589. The summed E-state index contributed by atoms with van der Waals surface area (Å²) in [7, 11) is -3.72. The second kappa shape index (κ2) is 5.12. The van der Waals surface area contributed by atoms with Gasteiger partial charge < -0.3 is 4.74 Å². The maximum atomic E-state index is 13.5. The fourth-order valence-electron chi connectivity index (χ4n) is 2.05. The molecule has 1 aliphatic rings. The Labute approximate surface area is 120 Å². The van der Waals surface area contributed by atoms with Gasteiger partial charge >= 0.3 is 0 Å². The normalized spacial score (nSPS) is 20.4. The van der Waals surface area contributed by atoms with Gasteiger partial charge in [0.1, 0.15) is 5.82 Å². The molecule has 2 rings (SSSR count). The van der Waals surface area contributed by atoms with Crippen molar-refractivity contribution in [2.24, 2.45) is 0 Å². The SMILES string of the molecule is CC1(C)COCCN1S(=O)(=O)c1ccc(Br)c(F)c1. The molecular formula is C12H15BrFNO3S. The summed E-state index contributed by atoms with van der Waals surface area (Å²) in [6.45, 7) is 4.53. The average molecular weight is 352 g/mol. The fraction of sp³-hybridized carbons (Fsp3) is 0.500. The van der Waals surface area contributed by atoms with E-state index in [-0.39, 0.29) is 15.9 Å². The quantitative estimate of drug-likeness (QED) is 0.821. The summed E-state index contributed by atoms with van der Waals surface area (Å²) in [6, 6.07) is 3.83. The van der Waals surface area contributed by atoms with E-state index in [1.54, 1.807) is 13.8 Å². The predicted octanol–water partition coefficient (Wildman–Crippen LogP) is 2.39. The summed E-state index contributed by atoms with van der Waals surface area (Å²) >= 11 is 3.01. The molecule has 1 aromatic rings. The highest BCUT2D eigenvalue weighted by atomic mass is 79.9. The highest BCUT2D eigenvalue weighted by Crippen LogP contribution is 2.29. The molecule has 0 aromatic heterocycles. The molecule has 0 bridgehead atoms. The second-order valence-electron chi connectivity index (χ2n) is 5.02. The van der Waals surface area contributed by atoms with E-state index >= 15 is 0 Å². The molecule has 0 amide bonds. The lowest BCUT2D eigenvalue weighted by Gasteiger charge is -2.40. The van der Waals surface area contributed by atoms with Crippen molar-refractivity contribution in [1.82, 2.24) is 4.31 Å². The number of hydrogen-bond acceptors (Lipinski definition) is 3. The maximum Gasteiger partial charge on any atom is 0.243 e. The number of sulfonamides is 1. The minimum absolute atomic E-state index is 0.0387. The number of morpholine rings is 1. The van der Waals surface area contributed by atoms with Crippen LogP contribution in [0.3, 0.4) is 0 Å². The van der Waals surface area contributed by atoms with E-state index in [0.29, 0.717) is 13.2 Å². The van der Waals surface area contributed by atoms with E-state index in [2.05, 4.69) is 15.9 Å². The lowest BCUT2D eigenvalue weighted by Crippen LogP contribution is -2.55. The monoisotopic (exact) mass is 351 g/mol. The molecule has 106 valence electrons. The minimum Gasteiger partial charge on any atom is -0.378 e. The highest BCUT2D eigenvalue weighted by molar-refractivity contribution is 9.10. The van der Waals surface area contributed by atoms with Crippen LogP contribution in [0.5, 0.6) is 0 Å². The molecule has 1 saturated heterocycles. The Hall–Kier alpha value is -0.500. The third kappa shape index (κ3) is 2.84. The standard InChI is InChI=1S/C12H15BrFNO3S/c1-12(2)8-18-6-5-15(12)19(16,17)9-3-4-10(13)11(14)7-9/h3-4,7H,5-6,8H2,1-2H3. The molecule has 1 heterocycles. The number of ether oxygens (including phenoxy) is 1. The largest absolute Gasteiger partial charge is 0.378 e. The first-order valence-electron chi connectivity index (χ1n) is 5.81. The van der Waals surface area contributed by atoms with Crippen LogP contribution in [0.1, 0.15) is 13.8 Å². The number of benzene rings is 1. The second-order valence-corrected chi connectivity index (χ2v) is 7.73. The number of hydrogen-bond donors (Lipinski definition) is 0. The number of halogens is 2. The molecule has 0 radical (unpaired) electrons. The summed E-state index contributed by atoms with van der Waals surface area (Å²) in [5.74, 6) is -0.591. The van der Waals surface area contributed by atoms with Crippen LogP contribution in [0.4, 0.5) is 4.39 Å². The van der Waals surface area contributed by atoms with Crippen molar-refractivity contribution >= 4 is 26.0 Å². The fourth-order valence-corrected chi connectivity index (χ4v) is 4.07. The van der Waals surface area contributed by atoms with E-state index in [1.165, 1.54) is 16.4 Å². The molecule has 0 aliphatic carbocycles. The Morgan fingerprint density at radius 1 is 1.42 bits per heavy atom. The first-order valence-corrected chi connectivity index (χ1v) is 8.04. The Balaban J connectivity index is 2.44. The molecule has 19 heavy (non-hydrogen) atoms. The third-order valence-electron chi connectivity index (χ3n) is 3.05. The summed E-state index contributed by atoms with van der Waals surface area (Å²) in [5.41, 5.74) is -0.638. The molecular weight excluding hydrogens is 337 g/mol. The summed E-state index contributed by atoms with van der Waals surface area (Å²) in [4.78, 5) is -0.0387. The molecule has 0 spiro atoms. The Kier molecular flexibility index (Phi) is 4.02. The molecule has 0 unspecified atom stereocenters. The highest BCUT2D eigenvalue weighted by Gasteiger charge is 2.39. The van der Waals surface area contributed by atoms with Gasteiger partial charge in [-0.15, -0.1) is 0 Å². The van der Waals surface area contributed by atoms with Crippen molar-refractivity contribution in [1.29, 1.82) is 0 Å². The van der Waals surface area contributed by atoms with Crippen LogP contribution in [-0.4, -0.2) is 38.0 Å². The topological polar surface area (TPSA) is 46.6 Å². The average Bonchev–Trinajstić information content (AvgIpc) is 2.31. The van der Waals surface area contributed by atoms with Gasteiger partial charge in [0.15, 0.2) is 0 Å². The van der Waals surface area contributed by atoms with Gasteiger partial charge in [-0.25, -0.2) is 12.8 Å². The molecule has 0 atom stereocenters. The van der Waals surface area contributed by atoms with Gasteiger partial charge in [-0.05, 0) is 48.0 Å². The van der Waals surface area contributed by atoms with Crippen LogP contribution in [0, 0.1) is 5.82 Å². The number of nitrogens with zero attached hydrogens (tertiary/aromatic N) is 1. The van der Waals surface area contributed by atoms with Gasteiger partial charge in [-0.3, -0.25) is 0 Å². The van der Waals surface area contributed by atoms with E-state index in [4.69, 9.17) is 4.74 Å². The van der Waals surface area contributed by atoms with E-state index in [9.17, 15) is 12.8 Å². The van der Waals surface area contributed by atoms with Crippen LogP contribution < -0.4 is 0 Å². The van der Waals surface area contributed by atoms with Crippen molar-refractivity contribution in [2.45, 2.75) is 24.3 Å². The zero-order valence-corrected chi connectivity index (χ0v) is 13.1. The van der Waals surface area contributed by atoms with Crippen LogP contribution >= 0.6 is 15.9 Å². The number of rotatable bonds is 2. The third-order valence-corrected chi connectivity index (χ3v) is 5.80. The first-order chi connectivity index (χ1) is 8.75. The smallest absolute Gasteiger partial charge is 0.243 e. The summed E-state index contributed by atoms with van der Waals surface area (Å²) < 4.78 is 45.5. The van der Waals surface area contributed by atoms with Gasteiger partial charge in [0.25, 0.3) is 0 Å². The van der Waals surface area contributed by atoms with Crippen LogP contribution in [0.2, 0.25) is 0 Å². The van der Waals surface area contributed by atoms with Gasteiger partial charge in [-0.2, -0.15) is 4.31 Å². The predicted molar refractivity (Wildman–Crippen MR) is 72.9 cm³/mol. The molecule has 0 saturated carbocycles.